The molecule has 0 radical (unpaired) electrons. The molecule has 5 N–H and O–H groups in total. The van der Waals surface area contributed by atoms with Gasteiger partial charge in [0, 0.05) is 32.1 Å². The third-order valence-corrected chi connectivity index (χ3v) is 4.47. The largest absolute Gasteiger partial charge is 0.508 e. The Labute approximate surface area is 180 Å². The summed E-state index contributed by atoms with van der Waals surface area (Å²) in [5, 5.41) is 26.6. The lowest BCUT2D eigenvalue weighted by molar-refractivity contribution is -0.137. The molecule has 166 valence electrons. The van der Waals surface area contributed by atoms with Crippen molar-refractivity contribution in [1.82, 2.24) is 15.6 Å². The van der Waals surface area contributed by atoms with Crippen molar-refractivity contribution in [2.45, 2.75) is 38.1 Å². The van der Waals surface area contributed by atoms with Crippen LogP contribution in [0.25, 0.3) is 0 Å². The Morgan fingerprint density at radius 1 is 0.968 bits per heavy atom. The number of nitrogens with one attached hydrogen (secondary N) is 3. The van der Waals surface area contributed by atoms with Crippen LogP contribution in [0.15, 0.2) is 48.7 Å². The molecule has 0 fully saturated rings. The highest BCUT2D eigenvalue weighted by molar-refractivity contribution is 5.88. The zero-order chi connectivity index (χ0) is 22.5. The third kappa shape index (κ3) is 9.62. The minimum Gasteiger partial charge on any atom is -0.508 e. The van der Waals surface area contributed by atoms with Crippen molar-refractivity contribution in [3.8, 4) is 5.75 Å². The van der Waals surface area contributed by atoms with Gasteiger partial charge in [-0.25, -0.2) is 4.98 Å². The molecule has 1 aromatic heterocycles. The fraction of sp³-hybridized carbons (Fsp3) is 0.364. The van der Waals surface area contributed by atoms with Crippen molar-refractivity contribution >= 4 is 23.6 Å². The van der Waals surface area contributed by atoms with Crippen LogP contribution in [0.3, 0.4) is 0 Å². The maximum Gasteiger partial charge on any atom is 0.305 e. The Morgan fingerprint density at radius 2 is 1.74 bits per heavy atom. The Morgan fingerprint density at radius 3 is 2.42 bits per heavy atom. The van der Waals surface area contributed by atoms with E-state index < -0.39 is 17.9 Å². The highest BCUT2D eigenvalue weighted by Crippen LogP contribution is 2.12. The van der Waals surface area contributed by atoms with E-state index in [1.807, 2.05) is 18.2 Å². The SMILES string of the molecule is O=C(O)CCNC(=O)[C@H](Cc1ccc(O)cc1)NC(=O)CCCCNc1ccccn1. The van der Waals surface area contributed by atoms with Crippen molar-refractivity contribution in [2.75, 3.05) is 18.4 Å². The fourth-order valence-corrected chi connectivity index (χ4v) is 2.85. The lowest BCUT2D eigenvalue weighted by Gasteiger charge is -2.18. The zero-order valence-corrected chi connectivity index (χ0v) is 17.2. The Bertz CT molecular complexity index is 843. The predicted octanol–water partition coefficient (Wildman–Crippen LogP) is 1.69. The van der Waals surface area contributed by atoms with E-state index in [0.717, 1.165) is 17.8 Å². The molecular formula is C22H28N4O5. The number of phenolic OH excluding ortho intramolecular Hbond substituents is 1. The van der Waals surface area contributed by atoms with E-state index in [4.69, 9.17) is 5.11 Å². The average molecular weight is 428 g/mol. The van der Waals surface area contributed by atoms with Crippen molar-refractivity contribution in [3.63, 3.8) is 0 Å². The normalized spacial score (nSPS) is 11.4. The quantitative estimate of drug-likeness (QED) is 0.306. The van der Waals surface area contributed by atoms with E-state index in [2.05, 4.69) is 20.9 Å². The third-order valence-electron chi connectivity index (χ3n) is 4.47. The zero-order valence-electron chi connectivity index (χ0n) is 17.2. The van der Waals surface area contributed by atoms with E-state index in [1.54, 1.807) is 18.3 Å². The standard InChI is InChI=1S/C22H28N4O5/c27-17-9-7-16(8-10-17)15-18(22(31)25-14-11-21(29)30)26-20(28)6-2-4-13-24-19-5-1-3-12-23-19/h1,3,5,7-10,12,18,27H,2,4,6,11,13-15H2,(H,23,24)(H,25,31)(H,26,28)(H,29,30)/t18-/m0/s1. The van der Waals surface area contributed by atoms with Gasteiger partial charge in [-0.15, -0.1) is 0 Å². The number of rotatable bonds is 13. The number of unbranched alkanes of at least 4 members (excludes halogenated alkanes) is 1. The van der Waals surface area contributed by atoms with Gasteiger partial charge in [0.1, 0.15) is 17.6 Å². The van der Waals surface area contributed by atoms with Gasteiger partial charge < -0.3 is 26.2 Å². The number of amides is 2. The molecule has 1 aromatic carbocycles. The van der Waals surface area contributed by atoms with Gasteiger partial charge in [0.15, 0.2) is 0 Å². The first-order chi connectivity index (χ1) is 14.9. The molecule has 1 atom stereocenters. The van der Waals surface area contributed by atoms with Gasteiger partial charge >= 0.3 is 5.97 Å². The molecule has 0 aliphatic carbocycles. The molecule has 1 heterocycles. The van der Waals surface area contributed by atoms with Gasteiger partial charge in [-0.3, -0.25) is 14.4 Å². The maximum atomic E-state index is 12.5. The molecule has 2 aromatic rings. The summed E-state index contributed by atoms with van der Waals surface area (Å²) in [4.78, 5) is 39.7. The molecule has 0 bridgehead atoms. The van der Waals surface area contributed by atoms with Gasteiger partial charge in [0.25, 0.3) is 0 Å². The summed E-state index contributed by atoms with van der Waals surface area (Å²) < 4.78 is 0. The van der Waals surface area contributed by atoms with E-state index in [-0.39, 0.29) is 37.5 Å². The van der Waals surface area contributed by atoms with Crippen LogP contribution in [0.4, 0.5) is 5.82 Å². The topological polar surface area (TPSA) is 141 Å². The first-order valence-corrected chi connectivity index (χ1v) is 10.2. The van der Waals surface area contributed by atoms with Crippen LogP contribution in [0.2, 0.25) is 0 Å². The second-order valence-electron chi connectivity index (χ2n) is 7.02. The summed E-state index contributed by atoms with van der Waals surface area (Å²) in [6.45, 7) is 0.659. The Balaban J connectivity index is 1.81. The van der Waals surface area contributed by atoms with Gasteiger partial charge in [0.2, 0.25) is 11.8 Å². The number of hydrogen-bond donors (Lipinski definition) is 5. The van der Waals surface area contributed by atoms with Crippen LogP contribution in [0.5, 0.6) is 5.75 Å². The van der Waals surface area contributed by atoms with Gasteiger partial charge in [0.05, 0.1) is 6.42 Å². The molecule has 31 heavy (non-hydrogen) atoms. The number of aliphatic carboxylic acids is 1. The second-order valence-corrected chi connectivity index (χ2v) is 7.02. The van der Waals surface area contributed by atoms with Crippen LogP contribution in [0, 0.1) is 0 Å². The minimum atomic E-state index is -1.02. The molecule has 0 aliphatic heterocycles. The molecule has 0 saturated heterocycles. The van der Waals surface area contributed by atoms with E-state index >= 15 is 0 Å². The van der Waals surface area contributed by atoms with Crippen LogP contribution in [0.1, 0.15) is 31.2 Å². The van der Waals surface area contributed by atoms with E-state index in [1.165, 1.54) is 12.1 Å². The lowest BCUT2D eigenvalue weighted by Crippen LogP contribution is -2.48. The number of carbonyl (C=O) groups is 3. The second kappa shape index (κ2) is 12.8. The number of pyridine rings is 1. The fourth-order valence-electron chi connectivity index (χ4n) is 2.85. The number of aromatic nitrogens is 1. The van der Waals surface area contributed by atoms with Crippen LogP contribution < -0.4 is 16.0 Å². The van der Waals surface area contributed by atoms with Crippen molar-refractivity contribution in [2.24, 2.45) is 0 Å². The van der Waals surface area contributed by atoms with Crippen molar-refractivity contribution in [1.29, 1.82) is 0 Å². The van der Waals surface area contributed by atoms with Crippen LogP contribution in [-0.2, 0) is 20.8 Å². The summed E-state index contributed by atoms with van der Waals surface area (Å²) in [5.41, 5.74) is 0.760. The minimum absolute atomic E-state index is 0.0185. The molecular weight excluding hydrogens is 400 g/mol. The summed E-state index contributed by atoms with van der Waals surface area (Å²) in [5.74, 6) is -0.832. The number of carbonyl (C=O) groups excluding carboxylic acids is 2. The summed E-state index contributed by atoms with van der Waals surface area (Å²) in [6, 6.07) is 11.1. The highest BCUT2D eigenvalue weighted by Gasteiger charge is 2.21. The lowest BCUT2D eigenvalue weighted by atomic mass is 10.0. The first-order valence-electron chi connectivity index (χ1n) is 10.2. The Kier molecular flexibility index (Phi) is 9.80. The van der Waals surface area contributed by atoms with E-state index in [0.29, 0.717) is 13.0 Å². The number of aromatic hydroxyl groups is 1. The molecule has 2 amide bonds. The number of hydrogen-bond acceptors (Lipinski definition) is 6. The summed E-state index contributed by atoms with van der Waals surface area (Å²) in [6.07, 6.45) is 3.39. The smallest absolute Gasteiger partial charge is 0.305 e. The molecule has 2 rings (SSSR count). The monoisotopic (exact) mass is 428 g/mol. The number of anilines is 1. The molecule has 9 nitrogen and oxygen atoms in total. The van der Waals surface area contributed by atoms with Crippen molar-refractivity contribution < 1.29 is 24.6 Å². The summed E-state index contributed by atoms with van der Waals surface area (Å²) >= 11 is 0. The highest BCUT2D eigenvalue weighted by atomic mass is 16.4. The molecule has 0 unspecified atom stereocenters. The van der Waals surface area contributed by atoms with Gasteiger partial charge in [-0.05, 0) is 42.7 Å². The summed E-state index contributed by atoms with van der Waals surface area (Å²) in [7, 11) is 0. The van der Waals surface area contributed by atoms with E-state index in [9.17, 15) is 19.5 Å². The number of benzene rings is 1. The number of nitrogens with zero attached hydrogens (tertiary/aromatic N) is 1. The number of carboxylic acids is 1. The van der Waals surface area contributed by atoms with Crippen molar-refractivity contribution in [3.05, 3.63) is 54.2 Å². The predicted molar refractivity (Wildman–Crippen MR) is 116 cm³/mol. The number of phenols is 1. The Hall–Kier alpha value is -3.62. The molecule has 0 saturated carbocycles. The molecule has 9 heteroatoms. The first kappa shape index (κ1) is 23.7. The number of carboxylic acid groups (broad SMARTS) is 1. The maximum absolute atomic E-state index is 12.5. The molecule has 0 spiro atoms. The average Bonchev–Trinajstić information content (AvgIpc) is 2.75. The van der Waals surface area contributed by atoms with Gasteiger partial charge in [-0.1, -0.05) is 18.2 Å². The van der Waals surface area contributed by atoms with Crippen LogP contribution in [-0.4, -0.2) is 52.1 Å². The molecule has 0 aliphatic rings. The van der Waals surface area contributed by atoms with Gasteiger partial charge in [-0.2, -0.15) is 0 Å². The van der Waals surface area contributed by atoms with Crippen LogP contribution >= 0.6 is 0 Å².